The number of aromatic nitrogens is 4. The number of carbonyl (C=O) groups excluding carboxylic acids is 1. The number of likely N-dealkylation sites (tertiary alicyclic amines) is 1. The summed E-state index contributed by atoms with van der Waals surface area (Å²) < 4.78 is 15.7. The number of nitriles is 1. The summed E-state index contributed by atoms with van der Waals surface area (Å²) in [6.45, 7) is 9.37. The average Bonchev–Trinajstić information content (AvgIpc) is 3.63. The van der Waals surface area contributed by atoms with Crippen LogP contribution in [0, 0.1) is 18.3 Å². The first kappa shape index (κ1) is 27.5. The van der Waals surface area contributed by atoms with Gasteiger partial charge in [0.25, 0.3) is 0 Å². The number of aryl methyl sites for hydroxylation is 1. The molecule has 2 N–H and O–H groups in total. The molecule has 5 heterocycles. The average molecular weight is 580 g/mol. The van der Waals surface area contributed by atoms with Crippen molar-refractivity contribution in [2.75, 3.05) is 25.4 Å². The van der Waals surface area contributed by atoms with Crippen LogP contribution in [-0.4, -0.2) is 55.6 Å². The Balaban J connectivity index is 1.40. The molecule has 0 bridgehead atoms. The van der Waals surface area contributed by atoms with Gasteiger partial charge >= 0.3 is 6.09 Å². The molecule has 1 aromatic carbocycles. The summed E-state index contributed by atoms with van der Waals surface area (Å²) in [7, 11) is 0. The molecule has 2 saturated heterocycles. The van der Waals surface area contributed by atoms with Gasteiger partial charge in [-0.3, -0.25) is 9.55 Å². The van der Waals surface area contributed by atoms with Crippen LogP contribution in [0.3, 0.4) is 0 Å². The fourth-order valence-corrected chi connectivity index (χ4v) is 6.35. The Labute approximate surface area is 250 Å². The highest BCUT2D eigenvalue weighted by Crippen LogP contribution is 2.46. The summed E-state index contributed by atoms with van der Waals surface area (Å²) in [4.78, 5) is 19.2. The number of carbonyl (C=O) groups is 1. The summed E-state index contributed by atoms with van der Waals surface area (Å²) >= 11 is 0. The highest BCUT2D eigenvalue weighted by Gasteiger charge is 2.34. The molecule has 1 aliphatic carbocycles. The van der Waals surface area contributed by atoms with Gasteiger partial charge in [-0.05, 0) is 83.1 Å². The lowest BCUT2D eigenvalue weighted by molar-refractivity contribution is -0.0366. The second-order valence-corrected chi connectivity index (χ2v) is 13.0. The van der Waals surface area contributed by atoms with Crippen molar-refractivity contribution in [1.82, 2.24) is 24.2 Å². The van der Waals surface area contributed by atoms with Crippen molar-refractivity contribution in [3.63, 3.8) is 0 Å². The van der Waals surface area contributed by atoms with E-state index in [-0.39, 0.29) is 12.3 Å². The van der Waals surface area contributed by atoms with E-state index >= 15 is 0 Å². The van der Waals surface area contributed by atoms with Gasteiger partial charge in [0.2, 0.25) is 0 Å². The Morgan fingerprint density at radius 3 is 2.63 bits per heavy atom. The lowest BCUT2D eigenvalue weighted by Gasteiger charge is -2.35. The third-order valence-corrected chi connectivity index (χ3v) is 8.58. The van der Waals surface area contributed by atoms with E-state index in [9.17, 15) is 10.1 Å². The van der Waals surface area contributed by atoms with E-state index in [2.05, 4.69) is 31.2 Å². The number of nitrogens with two attached hydrogens (primary N) is 1. The smallest absolute Gasteiger partial charge is 0.410 e. The first-order chi connectivity index (χ1) is 20.6. The van der Waals surface area contributed by atoms with Gasteiger partial charge in [0.05, 0.1) is 28.6 Å². The van der Waals surface area contributed by atoms with Crippen LogP contribution in [0.4, 0.5) is 10.6 Å². The molecule has 3 aliphatic rings. The number of benzene rings is 1. The molecule has 222 valence electrons. The van der Waals surface area contributed by atoms with E-state index < -0.39 is 5.60 Å². The highest BCUT2D eigenvalue weighted by molar-refractivity contribution is 6.02. The van der Waals surface area contributed by atoms with Gasteiger partial charge in [-0.1, -0.05) is 6.07 Å². The van der Waals surface area contributed by atoms with Gasteiger partial charge in [0.1, 0.15) is 23.1 Å². The molecular formula is C33H37N7O3. The number of rotatable bonds is 4. The Morgan fingerprint density at radius 1 is 1.16 bits per heavy atom. The largest absolute Gasteiger partial charge is 0.444 e. The van der Waals surface area contributed by atoms with Gasteiger partial charge in [-0.25, -0.2) is 9.48 Å². The maximum absolute atomic E-state index is 12.6. The van der Waals surface area contributed by atoms with Crippen molar-refractivity contribution in [2.24, 2.45) is 0 Å². The topological polar surface area (TPSA) is 124 Å². The predicted molar refractivity (Wildman–Crippen MR) is 165 cm³/mol. The molecule has 3 aromatic heterocycles. The number of fused-ring (bicyclic) bond motifs is 2. The standard InChI is InChI=1S/C33H37N7O3/c1-19-8-11-26-25(16-37-40(26)27-7-5-6-12-42-27)29(19)39-30-22(13-20-17-38(18-20)32(41)43-33(2,3)4)28(21-9-10-21)36-15-24(30)23(14-34)31(39)35/h8,11,13,15-16,21,27H,5-7,9-10,12,17-18,35H2,1-4H3. The number of pyridine rings is 1. The maximum atomic E-state index is 12.6. The van der Waals surface area contributed by atoms with Crippen LogP contribution in [0.15, 0.2) is 30.1 Å². The van der Waals surface area contributed by atoms with Gasteiger partial charge < -0.3 is 20.1 Å². The van der Waals surface area contributed by atoms with Gasteiger partial charge in [0, 0.05) is 48.1 Å². The molecule has 2 aliphatic heterocycles. The van der Waals surface area contributed by atoms with E-state index in [1.165, 1.54) is 0 Å². The van der Waals surface area contributed by atoms with E-state index in [0.717, 1.165) is 88.6 Å². The van der Waals surface area contributed by atoms with E-state index in [1.807, 2.05) is 36.2 Å². The molecule has 1 atom stereocenters. The third-order valence-electron chi connectivity index (χ3n) is 8.58. The quantitative estimate of drug-likeness (QED) is 0.299. The van der Waals surface area contributed by atoms with Crippen molar-refractivity contribution >= 4 is 39.8 Å². The minimum absolute atomic E-state index is 0.104. The zero-order chi connectivity index (χ0) is 30.0. The molecule has 43 heavy (non-hydrogen) atoms. The fraction of sp³-hybridized carbons (Fsp3) is 0.455. The molecule has 7 rings (SSSR count). The lowest BCUT2D eigenvalue weighted by Crippen LogP contribution is -2.46. The zero-order valence-corrected chi connectivity index (χ0v) is 25.2. The molecule has 1 unspecified atom stereocenters. The molecular weight excluding hydrogens is 542 g/mol. The van der Waals surface area contributed by atoms with Crippen molar-refractivity contribution < 1.29 is 14.3 Å². The number of hydrogen-bond acceptors (Lipinski definition) is 7. The van der Waals surface area contributed by atoms with Crippen molar-refractivity contribution in [1.29, 1.82) is 5.26 Å². The number of nitrogen functional groups attached to an aromatic ring is 1. The van der Waals surface area contributed by atoms with Gasteiger partial charge in [-0.15, -0.1) is 0 Å². The molecule has 0 radical (unpaired) electrons. The molecule has 3 fully saturated rings. The van der Waals surface area contributed by atoms with E-state index in [0.29, 0.717) is 30.4 Å². The van der Waals surface area contributed by atoms with Crippen LogP contribution in [0.1, 0.15) is 87.4 Å². The van der Waals surface area contributed by atoms with Crippen LogP contribution in [-0.2, 0) is 9.47 Å². The second-order valence-electron chi connectivity index (χ2n) is 13.0. The summed E-state index contributed by atoms with van der Waals surface area (Å²) in [6.07, 6.45) is 10.7. The van der Waals surface area contributed by atoms with E-state index in [1.54, 1.807) is 11.1 Å². The SMILES string of the molecule is Cc1ccc2c(cnn2C2CCCCO2)c1-n1c(N)c(C#N)c2cnc(C3CC3)c(C=C3CN(C(=O)OC(C)(C)C)C3)c21. The number of hydrogen-bond donors (Lipinski definition) is 1. The van der Waals surface area contributed by atoms with Crippen LogP contribution in [0.5, 0.6) is 0 Å². The van der Waals surface area contributed by atoms with Crippen molar-refractivity contribution in [2.45, 2.75) is 77.5 Å². The Morgan fingerprint density at radius 2 is 1.95 bits per heavy atom. The molecule has 1 saturated carbocycles. The monoisotopic (exact) mass is 579 g/mol. The molecule has 10 heteroatoms. The molecule has 4 aromatic rings. The first-order valence-electron chi connectivity index (χ1n) is 15.1. The summed E-state index contributed by atoms with van der Waals surface area (Å²) in [5, 5.41) is 16.7. The Bertz CT molecular complexity index is 1830. The number of nitrogens with zero attached hydrogens (tertiary/aromatic N) is 6. The maximum Gasteiger partial charge on any atom is 0.410 e. The third kappa shape index (κ3) is 4.72. The summed E-state index contributed by atoms with van der Waals surface area (Å²) in [6, 6.07) is 6.53. The first-order valence-corrected chi connectivity index (χ1v) is 15.1. The highest BCUT2D eigenvalue weighted by atomic mass is 16.6. The Kier molecular flexibility index (Phi) is 6.47. The second kappa shape index (κ2) is 10.1. The molecule has 10 nitrogen and oxygen atoms in total. The zero-order valence-electron chi connectivity index (χ0n) is 25.2. The number of ether oxygens (including phenoxy) is 2. The number of amides is 1. The van der Waals surface area contributed by atoms with E-state index in [4.69, 9.17) is 25.3 Å². The van der Waals surface area contributed by atoms with Crippen LogP contribution < -0.4 is 5.73 Å². The fourth-order valence-electron chi connectivity index (χ4n) is 6.35. The predicted octanol–water partition coefficient (Wildman–Crippen LogP) is 6.35. The molecule has 1 amide bonds. The summed E-state index contributed by atoms with van der Waals surface area (Å²) in [5.41, 5.74) is 13.5. The minimum Gasteiger partial charge on any atom is -0.444 e. The van der Waals surface area contributed by atoms with Crippen LogP contribution >= 0.6 is 0 Å². The van der Waals surface area contributed by atoms with Crippen LogP contribution in [0.25, 0.3) is 33.6 Å². The normalized spacial score (nSPS) is 19.0. The van der Waals surface area contributed by atoms with Gasteiger partial charge in [-0.2, -0.15) is 10.4 Å². The summed E-state index contributed by atoms with van der Waals surface area (Å²) in [5.74, 6) is 0.740. The van der Waals surface area contributed by atoms with Crippen molar-refractivity contribution in [3.8, 4) is 11.8 Å². The Hall–Kier alpha value is -4.36. The number of anilines is 1. The van der Waals surface area contributed by atoms with Crippen molar-refractivity contribution in [3.05, 3.63) is 52.5 Å². The molecule has 0 spiro atoms. The van der Waals surface area contributed by atoms with Gasteiger partial charge in [0.15, 0.2) is 6.23 Å². The lowest BCUT2D eigenvalue weighted by atomic mass is 9.99. The van der Waals surface area contributed by atoms with Crippen LogP contribution in [0.2, 0.25) is 0 Å². The minimum atomic E-state index is -0.549.